The van der Waals surface area contributed by atoms with E-state index in [2.05, 4.69) is 20.9 Å². The van der Waals surface area contributed by atoms with Crippen LogP contribution in [-0.2, 0) is 16.9 Å². The number of aliphatic hydroxyl groups is 1. The Kier molecular flexibility index (Phi) is 5.99. The van der Waals surface area contributed by atoms with Crippen molar-refractivity contribution in [2.24, 2.45) is 0 Å². The average molecular weight is 497 g/mol. The standard InChI is InChI=1S/C24H21BrN2O5/c1-31-21-9-6-15(11-22(21)32-2)14-27-19-8-7-16(25)12-17(19)24(30,23(27)29)13-20(28)18-5-3-4-10-26-18/h3-12,30H,13-14H2,1-2H3. The van der Waals surface area contributed by atoms with Crippen LogP contribution in [0.4, 0.5) is 5.69 Å². The van der Waals surface area contributed by atoms with Crippen LogP contribution in [0.2, 0.25) is 0 Å². The average Bonchev–Trinajstić information content (AvgIpc) is 3.00. The quantitative estimate of drug-likeness (QED) is 0.499. The Balaban J connectivity index is 1.70. The van der Waals surface area contributed by atoms with E-state index in [1.807, 2.05) is 6.07 Å². The predicted molar refractivity (Wildman–Crippen MR) is 122 cm³/mol. The van der Waals surface area contributed by atoms with Gasteiger partial charge in [-0.2, -0.15) is 0 Å². The molecule has 1 aromatic heterocycles. The number of nitrogens with zero attached hydrogens (tertiary/aromatic N) is 2. The second-order valence-corrected chi connectivity index (χ2v) is 8.33. The molecule has 0 saturated heterocycles. The molecule has 4 rings (SSSR count). The van der Waals surface area contributed by atoms with Gasteiger partial charge in [0, 0.05) is 16.2 Å². The number of rotatable bonds is 7. The van der Waals surface area contributed by atoms with Crippen LogP contribution >= 0.6 is 15.9 Å². The lowest BCUT2D eigenvalue weighted by molar-refractivity contribution is -0.136. The van der Waals surface area contributed by atoms with Gasteiger partial charge in [0.1, 0.15) is 5.69 Å². The van der Waals surface area contributed by atoms with E-state index >= 15 is 0 Å². The minimum Gasteiger partial charge on any atom is -0.493 e. The van der Waals surface area contributed by atoms with E-state index in [4.69, 9.17) is 9.47 Å². The van der Waals surface area contributed by atoms with Gasteiger partial charge < -0.3 is 19.5 Å². The number of anilines is 1. The largest absolute Gasteiger partial charge is 0.493 e. The summed E-state index contributed by atoms with van der Waals surface area (Å²) in [4.78, 5) is 31.8. The molecule has 0 spiro atoms. The summed E-state index contributed by atoms with van der Waals surface area (Å²) in [7, 11) is 3.09. The summed E-state index contributed by atoms with van der Waals surface area (Å²) in [5.74, 6) is 0.129. The zero-order valence-electron chi connectivity index (χ0n) is 17.5. The van der Waals surface area contributed by atoms with Gasteiger partial charge >= 0.3 is 0 Å². The number of hydrogen-bond acceptors (Lipinski definition) is 6. The molecule has 0 aliphatic carbocycles. The molecule has 1 amide bonds. The van der Waals surface area contributed by atoms with Gasteiger partial charge in [-0.05, 0) is 48.0 Å². The van der Waals surface area contributed by atoms with Crippen LogP contribution in [0, 0.1) is 0 Å². The number of ketones is 1. The lowest BCUT2D eigenvalue weighted by atomic mass is 9.89. The zero-order valence-corrected chi connectivity index (χ0v) is 19.1. The molecule has 2 heterocycles. The van der Waals surface area contributed by atoms with E-state index in [-0.39, 0.29) is 12.2 Å². The summed E-state index contributed by atoms with van der Waals surface area (Å²) in [5, 5.41) is 11.5. The number of amides is 1. The SMILES string of the molecule is COc1ccc(CN2C(=O)C(O)(CC(=O)c3ccccn3)c3cc(Br)ccc32)cc1OC. The summed E-state index contributed by atoms with van der Waals surface area (Å²) < 4.78 is 11.3. The van der Waals surface area contributed by atoms with Crippen molar-refractivity contribution < 1.29 is 24.2 Å². The van der Waals surface area contributed by atoms with Crippen molar-refractivity contribution in [3.8, 4) is 11.5 Å². The van der Waals surface area contributed by atoms with Crippen LogP contribution < -0.4 is 14.4 Å². The van der Waals surface area contributed by atoms with Gasteiger partial charge in [0.05, 0.1) is 32.9 Å². The van der Waals surface area contributed by atoms with Gasteiger partial charge in [-0.25, -0.2) is 0 Å². The van der Waals surface area contributed by atoms with E-state index in [0.717, 1.165) is 5.56 Å². The molecule has 2 aromatic carbocycles. The third-order valence-electron chi connectivity index (χ3n) is 5.45. The van der Waals surface area contributed by atoms with E-state index in [1.54, 1.807) is 55.6 Å². The molecule has 1 unspecified atom stereocenters. The van der Waals surface area contributed by atoms with Crippen molar-refractivity contribution in [1.82, 2.24) is 4.98 Å². The van der Waals surface area contributed by atoms with Gasteiger partial charge in [0.15, 0.2) is 22.9 Å². The normalized spacial score (nSPS) is 17.2. The monoisotopic (exact) mass is 496 g/mol. The molecule has 0 radical (unpaired) electrons. The highest BCUT2D eigenvalue weighted by Crippen LogP contribution is 2.45. The maximum Gasteiger partial charge on any atom is 0.264 e. The number of methoxy groups -OCH3 is 2. The first kappa shape index (κ1) is 22.0. The van der Waals surface area contributed by atoms with Crippen LogP contribution in [-0.4, -0.2) is 36.0 Å². The van der Waals surface area contributed by atoms with Gasteiger partial charge in [-0.3, -0.25) is 14.6 Å². The highest BCUT2D eigenvalue weighted by Gasteiger charge is 2.51. The van der Waals surface area contributed by atoms with Crippen LogP contribution in [0.3, 0.4) is 0 Å². The fourth-order valence-corrected chi connectivity index (χ4v) is 4.22. The summed E-state index contributed by atoms with van der Waals surface area (Å²) in [5.41, 5.74) is -0.0932. The highest BCUT2D eigenvalue weighted by atomic mass is 79.9. The smallest absolute Gasteiger partial charge is 0.264 e. The Morgan fingerprint density at radius 3 is 2.56 bits per heavy atom. The molecule has 1 aliphatic rings. The second-order valence-electron chi connectivity index (χ2n) is 7.42. The Morgan fingerprint density at radius 1 is 1.09 bits per heavy atom. The Hall–Kier alpha value is -3.23. The molecule has 0 fully saturated rings. The van der Waals surface area contributed by atoms with Gasteiger partial charge in [-0.1, -0.05) is 28.1 Å². The number of carbonyl (C=O) groups excluding carboxylic acids is 2. The number of aromatic nitrogens is 1. The number of halogens is 1. The maximum absolute atomic E-state index is 13.5. The van der Waals surface area contributed by atoms with Crippen molar-refractivity contribution in [2.75, 3.05) is 19.1 Å². The molecule has 164 valence electrons. The van der Waals surface area contributed by atoms with Crippen LogP contribution in [0.25, 0.3) is 0 Å². The van der Waals surface area contributed by atoms with Crippen molar-refractivity contribution in [1.29, 1.82) is 0 Å². The molecular weight excluding hydrogens is 476 g/mol. The number of ether oxygens (including phenoxy) is 2. The molecular formula is C24H21BrN2O5. The molecule has 3 aromatic rings. The summed E-state index contributed by atoms with van der Waals surface area (Å²) in [6.07, 6.45) is 1.09. The summed E-state index contributed by atoms with van der Waals surface area (Å²) in [6.45, 7) is 0.188. The van der Waals surface area contributed by atoms with E-state index in [9.17, 15) is 14.7 Å². The minimum absolute atomic E-state index is 0.188. The predicted octanol–water partition coefficient (Wildman–Crippen LogP) is 3.87. The summed E-state index contributed by atoms with van der Waals surface area (Å²) in [6, 6.07) is 15.5. The van der Waals surface area contributed by atoms with E-state index in [1.165, 1.54) is 18.2 Å². The van der Waals surface area contributed by atoms with Crippen molar-refractivity contribution in [3.63, 3.8) is 0 Å². The molecule has 1 N–H and O–H groups in total. The number of hydrogen-bond donors (Lipinski definition) is 1. The van der Waals surface area contributed by atoms with Crippen LogP contribution in [0.5, 0.6) is 11.5 Å². The maximum atomic E-state index is 13.5. The Morgan fingerprint density at radius 2 is 1.88 bits per heavy atom. The first-order valence-corrected chi connectivity index (χ1v) is 10.7. The number of pyridine rings is 1. The molecule has 0 bridgehead atoms. The molecule has 8 heteroatoms. The Labute approximate surface area is 193 Å². The van der Waals surface area contributed by atoms with Crippen LogP contribution in [0.15, 0.2) is 65.3 Å². The van der Waals surface area contributed by atoms with Crippen LogP contribution in [0.1, 0.15) is 28.0 Å². The third kappa shape index (κ3) is 3.87. The van der Waals surface area contributed by atoms with E-state index < -0.39 is 23.7 Å². The fourth-order valence-electron chi connectivity index (χ4n) is 3.86. The number of fused-ring (bicyclic) bond motifs is 1. The Bertz CT molecular complexity index is 1180. The molecule has 1 aliphatic heterocycles. The number of carbonyl (C=O) groups is 2. The molecule has 7 nitrogen and oxygen atoms in total. The van der Waals surface area contributed by atoms with Crippen molar-refractivity contribution >= 4 is 33.3 Å². The molecule has 0 saturated carbocycles. The first-order valence-electron chi connectivity index (χ1n) is 9.87. The second kappa shape index (κ2) is 8.72. The fraction of sp³-hybridized carbons (Fsp3) is 0.208. The van der Waals surface area contributed by atoms with Gasteiger partial charge in [-0.15, -0.1) is 0 Å². The lowest BCUT2D eigenvalue weighted by Gasteiger charge is -2.23. The zero-order chi connectivity index (χ0) is 22.9. The highest BCUT2D eigenvalue weighted by molar-refractivity contribution is 9.10. The molecule has 1 atom stereocenters. The van der Waals surface area contributed by atoms with E-state index in [0.29, 0.717) is 27.2 Å². The van der Waals surface area contributed by atoms with Crippen molar-refractivity contribution in [2.45, 2.75) is 18.6 Å². The third-order valence-corrected chi connectivity index (χ3v) is 5.94. The first-order chi connectivity index (χ1) is 15.4. The van der Waals surface area contributed by atoms with Crippen molar-refractivity contribution in [3.05, 3.63) is 82.1 Å². The summed E-state index contributed by atoms with van der Waals surface area (Å²) >= 11 is 3.40. The lowest BCUT2D eigenvalue weighted by Crippen LogP contribution is -2.41. The van der Waals surface area contributed by atoms with Gasteiger partial charge in [0.25, 0.3) is 5.91 Å². The number of Topliss-reactive ketones (excluding diaryl/α,β-unsaturated/α-hetero) is 1. The topological polar surface area (TPSA) is 89.0 Å². The molecule has 32 heavy (non-hydrogen) atoms. The number of benzene rings is 2. The minimum atomic E-state index is -2.00. The van der Waals surface area contributed by atoms with Gasteiger partial charge in [0.2, 0.25) is 0 Å².